The largest absolute Gasteiger partial charge is 0.387 e. The standard InChI is InChI=1S/C18H15Cl2N5O2/c19-12-3-10(9-5-22-14(4-21)23-6-9)16-11-7-25(15(27)8-26)2-1-13(11)24-18(16)17(12)20/h3,5-6,10,16,24,26H,1-2,7-8H2. The van der Waals surface area contributed by atoms with Crippen LogP contribution in [0.4, 0.5) is 0 Å². The number of carbonyl (C=O) groups is 1. The highest BCUT2D eigenvalue weighted by Crippen LogP contribution is 2.49. The Hall–Kier alpha value is -2.40. The van der Waals surface area contributed by atoms with Crippen molar-refractivity contribution in [2.24, 2.45) is 5.92 Å². The molecule has 3 heterocycles. The molecule has 2 unspecified atom stereocenters. The van der Waals surface area contributed by atoms with Gasteiger partial charge in [0, 0.05) is 55.1 Å². The van der Waals surface area contributed by atoms with Crippen LogP contribution in [0, 0.1) is 17.2 Å². The highest BCUT2D eigenvalue weighted by molar-refractivity contribution is 6.44. The van der Waals surface area contributed by atoms with Crippen LogP contribution in [0.15, 0.2) is 45.5 Å². The Balaban J connectivity index is 1.74. The number of fused-ring (bicyclic) bond motifs is 2. The predicted molar refractivity (Wildman–Crippen MR) is 98.2 cm³/mol. The maximum atomic E-state index is 12.0. The number of nitrogens with zero attached hydrogens (tertiary/aromatic N) is 4. The van der Waals surface area contributed by atoms with Gasteiger partial charge in [-0.25, -0.2) is 9.97 Å². The molecule has 2 N–H and O–H groups in total. The topological polar surface area (TPSA) is 102 Å². The molecule has 0 saturated heterocycles. The number of aliphatic hydroxyl groups is 1. The average molecular weight is 404 g/mol. The van der Waals surface area contributed by atoms with Crippen LogP contribution in [0.3, 0.4) is 0 Å². The number of hydrogen-bond acceptors (Lipinski definition) is 6. The lowest BCUT2D eigenvalue weighted by Crippen LogP contribution is -2.39. The first-order valence-corrected chi connectivity index (χ1v) is 9.16. The number of hydrogen-bond donors (Lipinski definition) is 2. The Morgan fingerprint density at radius 3 is 2.81 bits per heavy atom. The normalized spacial score (nSPS) is 24.1. The van der Waals surface area contributed by atoms with Crippen molar-refractivity contribution in [2.75, 3.05) is 19.7 Å². The number of aliphatic hydroxyl groups excluding tert-OH is 1. The molecule has 1 aliphatic carbocycles. The number of carbonyl (C=O) groups excluding carboxylic acids is 1. The zero-order valence-electron chi connectivity index (χ0n) is 14.1. The molecular formula is C18H15Cl2N5O2. The number of nitriles is 1. The molecule has 138 valence electrons. The monoisotopic (exact) mass is 403 g/mol. The molecule has 3 aliphatic rings. The van der Waals surface area contributed by atoms with Crippen molar-refractivity contribution in [3.8, 4) is 6.07 Å². The van der Waals surface area contributed by atoms with E-state index in [-0.39, 0.29) is 23.6 Å². The molecule has 4 rings (SSSR count). The molecule has 0 aromatic carbocycles. The third kappa shape index (κ3) is 3.00. The van der Waals surface area contributed by atoms with Crippen molar-refractivity contribution < 1.29 is 9.90 Å². The van der Waals surface area contributed by atoms with Crippen LogP contribution in [0.5, 0.6) is 0 Å². The number of allylic oxidation sites excluding steroid dienone is 4. The van der Waals surface area contributed by atoms with Crippen LogP contribution in [-0.4, -0.2) is 45.6 Å². The van der Waals surface area contributed by atoms with Gasteiger partial charge in [-0.15, -0.1) is 0 Å². The van der Waals surface area contributed by atoms with Gasteiger partial charge in [0.2, 0.25) is 11.7 Å². The minimum atomic E-state index is -0.511. The van der Waals surface area contributed by atoms with Gasteiger partial charge in [-0.1, -0.05) is 29.3 Å². The summed E-state index contributed by atoms with van der Waals surface area (Å²) in [6.45, 7) is 0.441. The molecule has 9 heteroatoms. The summed E-state index contributed by atoms with van der Waals surface area (Å²) in [6, 6.07) is 1.91. The molecule has 0 spiro atoms. The fourth-order valence-corrected chi connectivity index (χ4v) is 4.31. The van der Waals surface area contributed by atoms with Crippen LogP contribution in [0.1, 0.15) is 23.7 Å². The van der Waals surface area contributed by atoms with Gasteiger partial charge >= 0.3 is 0 Å². The lowest BCUT2D eigenvalue weighted by molar-refractivity contribution is -0.134. The summed E-state index contributed by atoms with van der Waals surface area (Å²) in [5.74, 6) is -0.499. The number of amides is 1. The van der Waals surface area contributed by atoms with Crippen molar-refractivity contribution in [1.82, 2.24) is 20.2 Å². The highest BCUT2D eigenvalue weighted by Gasteiger charge is 2.43. The number of rotatable bonds is 2. The highest BCUT2D eigenvalue weighted by atomic mass is 35.5. The molecule has 2 atom stereocenters. The molecule has 1 aromatic rings. The lowest BCUT2D eigenvalue weighted by atomic mass is 9.77. The van der Waals surface area contributed by atoms with Crippen molar-refractivity contribution in [2.45, 2.75) is 12.3 Å². The van der Waals surface area contributed by atoms with Crippen LogP contribution in [0.25, 0.3) is 0 Å². The van der Waals surface area contributed by atoms with Gasteiger partial charge in [-0.05, 0) is 11.1 Å². The summed E-state index contributed by atoms with van der Waals surface area (Å²) in [4.78, 5) is 21.7. The van der Waals surface area contributed by atoms with Gasteiger partial charge in [-0.2, -0.15) is 5.26 Å². The number of nitrogens with one attached hydrogen (secondary N) is 1. The van der Waals surface area contributed by atoms with Crippen LogP contribution in [-0.2, 0) is 4.79 Å². The maximum Gasteiger partial charge on any atom is 0.248 e. The van der Waals surface area contributed by atoms with Gasteiger partial charge in [0.05, 0.1) is 10.1 Å². The molecular weight excluding hydrogens is 389 g/mol. The Kier molecular flexibility index (Phi) is 4.64. The minimum absolute atomic E-state index is 0.0975. The summed E-state index contributed by atoms with van der Waals surface area (Å²) in [5.41, 5.74) is 3.70. The average Bonchev–Trinajstić information content (AvgIpc) is 3.09. The Labute approximate surface area is 165 Å². The van der Waals surface area contributed by atoms with Crippen LogP contribution in [0.2, 0.25) is 0 Å². The van der Waals surface area contributed by atoms with E-state index in [0.29, 0.717) is 29.6 Å². The third-order valence-corrected chi connectivity index (χ3v) is 5.95. The van der Waals surface area contributed by atoms with Gasteiger partial charge in [0.25, 0.3) is 0 Å². The summed E-state index contributed by atoms with van der Waals surface area (Å²) in [6.07, 6.45) is 5.74. The SMILES string of the molecule is N#Cc1ncc(C2C=C(Cl)C(Cl)=C3NC4=C(CN(C(=O)CO)CC4)C32)cn1. The molecule has 0 fully saturated rings. The Morgan fingerprint density at radius 2 is 2.15 bits per heavy atom. The third-order valence-electron chi connectivity index (χ3n) is 5.13. The predicted octanol–water partition coefficient (Wildman–Crippen LogP) is 1.72. The molecule has 1 aromatic heterocycles. The van der Waals surface area contributed by atoms with E-state index in [9.17, 15) is 9.90 Å². The second kappa shape index (κ2) is 6.97. The van der Waals surface area contributed by atoms with Gasteiger partial charge < -0.3 is 15.3 Å². The van der Waals surface area contributed by atoms with Crippen LogP contribution >= 0.6 is 23.2 Å². The second-order valence-electron chi connectivity index (χ2n) is 6.55. The minimum Gasteiger partial charge on any atom is -0.387 e. The fourth-order valence-electron chi connectivity index (χ4n) is 3.84. The summed E-state index contributed by atoms with van der Waals surface area (Å²) < 4.78 is 0. The first-order chi connectivity index (χ1) is 13.0. The second-order valence-corrected chi connectivity index (χ2v) is 7.33. The van der Waals surface area contributed by atoms with E-state index in [0.717, 1.165) is 22.5 Å². The van der Waals surface area contributed by atoms with Gasteiger partial charge in [0.1, 0.15) is 12.7 Å². The molecule has 27 heavy (non-hydrogen) atoms. The summed E-state index contributed by atoms with van der Waals surface area (Å²) in [7, 11) is 0. The van der Waals surface area contributed by atoms with Gasteiger partial charge in [0.15, 0.2) is 0 Å². The molecule has 0 bridgehead atoms. The van der Waals surface area contributed by atoms with E-state index in [2.05, 4.69) is 15.3 Å². The lowest BCUT2D eigenvalue weighted by Gasteiger charge is -2.32. The first kappa shape index (κ1) is 18.0. The van der Waals surface area contributed by atoms with Crippen molar-refractivity contribution >= 4 is 29.1 Å². The molecule has 1 amide bonds. The van der Waals surface area contributed by atoms with Crippen molar-refractivity contribution in [3.63, 3.8) is 0 Å². The van der Waals surface area contributed by atoms with E-state index in [1.165, 1.54) is 0 Å². The number of aromatic nitrogens is 2. The molecule has 2 aliphatic heterocycles. The van der Waals surface area contributed by atoms with Crippen LogP contribution < -0.4 is 5.32 Å². The molecule has 0 saturated carbocycles. The quantitative estimate of drug-likeness (QED) is 0.778. The van der Waals surface area contributed by atoms with E-state index in [4.69, 9.17) is 28.5 Å². The van der Waals surface area contributed by atoms with E-state index >= 15 is 0 Å². The zero-order valence-corrected chi connectivity index (χ0v) is 15.6. The molecule has 0 radical (unpaired) electrons. The Morgan fingerprint density at radius 1 is 1.41 bits per heavy atom. The van der Waals surface area contributed by atoms with Crippen molar-refractivity contribution in [1.29, 1.82) is 5.26 Å². The fraction of sp³-hybridized carbons (Fsp3) is 0.333. The van der Waals surface area contributed by atoms with E-state index in [1.54, 1.807) is 17.3 Å². The van der Waals surface area contributed by atoms with Crippen molar-refractivity contribution in [3.05, 3.63) is 56.9 Å². The van der Waals surface area contributed by atoms with E-state index < -0.39 is 6.61 Å². The van der Waals surface area contributed by atoms with E-state index in [1.807, 2.05) is 12.1 Å². The van der Waals surface area contributed by atoms with Gasteiger partial charge in [-0.3, -0.25) is 4.79 Å². The Bertz CT molecular complexity index is 945. The summed E-state index contributed by atoms with van der Waals surface area (Å²) in [5, 5.41) is 22.4. The smallest absolute Gasteiger partial charge is 0.248 e. The number of halogens is 2. The summed E-state index contributed by atoms with van der Waals surface area (Å²) >= 11 is 12.8. The zero-order chi connectivity index (χ0) is 19.1. The maximum absolute atomic E-state index is 12.0. The molecule has 7 nitrogen and oxygen atoms in total. The first-order valence-electron chi connectivity index (χ1n) is 8.40.